The largest absolute Gasteiger partial charge is 0.311 e. The van der Waals surface area contributed by atoms with Crippen LogP contribution in [0.15, 0.2) is 39.8 Å². The van der Waals surface area contributed by atoms with Crippen LogP contribution in [0.5, 0.6) is 0 Å². The zero-order valence-electron chi connectivity index (χ0n) is 12.3. The fourth-order valence-corrected chi connectivity index (χ4v) is 4.01. The Labute approximate surface area is 143 Å². The summed E-state index contributed by atoms with van der Waals surface area (Å²) in [7, 11) is 1.96. The Morgan fingerprint density at radius 2 is 2.19 bits per heavy atom. The summed E-state index contributed by atoms with van der Waals surface area (Å²) in [6.07, 6.45) is 1.73. The average molecular weight is 389 g/mol. The van der Waals surface area contributed by atoms with Gasteiger partial charge in [-0.05, 0) is 39.1 Å². The highest BCUT2D eigenvalue weighted by Crippen LogP contribution is 2.31. The molecule has 2 aromatic rings. The first-order valence-corrected chi connectivity index (χ1v) is 8.97. The summed E-state index contributed by atoms with van der Waals surface area (Å²) >= 11 is 11.6. The Kier molecular flexibility index (Phi) is 6.17. The average Bonchev–Trinajstić information content (AvgIpc) is 2.82. The van der Waals surface area contributed by atoms with Crippen molar-refractivity contribution in [2.75, 3.05) is 12.8 Å². The second-order valence-corrected chi connectivity index (χ2v) is 7.44. The number of rotatable bonds is 6. The highest BCUT2D eigenvalue weighted by molar-refractivity contribution is 9.10. The molecule has 0 amide bonds. The highest BCUT2D eigenvalue weighted by atomic mass is 79.9. The van der Waals surface area contributed by atoms with Crippen LogP contribution in [0.1, 0.15) is 31.6 Å². The normalized spacial score (nSPS) is 12.9. The molecule has 1 unspecified atom stereocenters. The van der Waals surface area contributed by atoms with Crippen LogP contribution >= 0.6 is 39.3 Å². The molecule has 3 nitrogen and oxygen atoms in total. The topological polar surface area (TPSA) is 29.9 Å². The van der Waals surface area contributed by atoms with Gasteiger partial charge in [0.05, 0.1) is 23.0 Å². The van der Waals surface area contributed by atoms with E-state index in [1.807, 2.05) is 23.9 Å². The molecule has 0 aliphatic rings. The van der Waals surface area contributed by atoms with E-state index in [0.29, 0.717) is 6.04 Å². The van der Waals surface area contributed by atoms with Gasteiger partial charge in [-0.25, -0.2) is 0 Å². The molecular formula is C15H19BrClN3S. The predicted octanol–water partition coefficient (Wildman–Crippen LogP) is 4.93. The third-order valence-corrected chi connectivity index (χ3v) is 5.04. The first-order chi connectivity index (χ1) is 10.0. The van der Waals surface area contributed by atoms with Crippen LogP contribution in [0.3, 0.4) is 0 Å². The van der Waals surface area contributed by atoms with Gasteiger partial charge in [0.15, 0.2) is 0 Å². The number of hydrogen-bond donors (Lipinski definition) is 1. The molecule has 0 saturated heterocycles. The van der Waals surface area contributed by atoms with Crippen LogP contribution in [-0.4, -0.2) is 22.6 Å². The van der Waals surface area contributed by atoms with Crippen molar-refractivity contribution in [3.63, 3.8) is 0 Å². The number of hydrogen-bond acceptors (Lipinski definition) is 3. The van der Waals surface area contributed by atoms with Gasteiger partial charge in [-0.15, -0.1) is 11.8 Å². The lowest BCUT2D eigenvalue weighted by Gasteiger charge is -2.20. The molecule has 1 aromatic heterocycles. The first-order valence-electron chi connectivity index (χ1n) is 6.81. The SMILES string of the molecule is CNC(CSc1cccc(Br)c1)c1c(Cl)cnn1C(C)C. The molecule has 0 bridgehead atoms. The van der Waals surface area contributed by atoms with Crippen molar-refractivity contribution in [3.8, 4) is 0 Å². The fourth-order valence-electron chi connectivity index (χ4n) is 2.12. The summed E-state index contributed by atoms with van der Waals surface area (Å²) in [6, 6.07) is 8.77. The number of benzene rings is 1. The minimum atomic E-state index is 0.159. The number of thioether (sulfide) groups is 1. The quantitative estimate of drug-likeness (QED) is 0.711. The minimum Gasteiger partial charge on any atom is -0.311 e. The van der Waals surface area contributed by atoms with Crippen LogP contribution in [0.2, 0.25) is 5.02 Å². The fraction of sp³-hybridized carbons (Fsp3) is 0.400. The first kappa shape index (κ1) is 16.9. The van der Waals surface area contributed by atoms with Gasteiger partial charge in [0.25, 0.3) is 0 Å². The maximum Gasteiger partial charge on any atom is 0.0834 e. The molecule has 6 heteroatoms. The summed E-state index contributed by atoms with van der Waals surface area (Å²) in [6.45, 7) is 4.22. The van der Waals surface area contributed by atoms with Crippen molar-refractivity contribution in [3.05, 3.63) is 45.7 Å². The number of nitrogens with zero attached hydrogens (tertiary/aromatic N) is 2. The molecule has 0 aliphatic carbocycles. The number of halogens is 2. The molecule has 0 fully saturated rings. The minimum absolute atomic E-state index is 0.159. The van der Waals surface area contributed by atoms with Gasteiger partial charge in [-0.3, -0.25) is 4.68 Å². The molecular weight excluding hydrogens is 370 g/mol. The lowest BCUT2D eigenvalue weighted by Crippen LogP contribution is -2.23. The van der Waals surface area contributed by atoms with Crippen LogP contribution in [0.25, 0.3) is 0 Å². The molecule has 114 valence electrons. The zero-order valence-corrected chi connectivity index (χ0v) is 15.5. The molecule has 1 atom stereocenters. The van der Waals surface area contributed by atoms with Crippen molar-refractivity contribution >= 4 is 39.3 Å². The van der Waals surface area contributed by atoms with Crippen LogP contribution in [0.4, 0.5) is 0 Å². The molecule has 1 heterocycles. The van der Waals surface area contributed by atoms with Crippen molar-refractivity contribution in [2.24, 2.45) is 0 Å². The van der Waals surface area contributed by atoms with Crippen LogP contribution < -0.4 is 5.32 Å². The summed E-state index contributed by atoms with van der Waals surface area (Å²) in [4.78, 5) is 1.23. The van der Waals surface area contributed by atoms with E-state index in [4.69, 9.17) is 11.6 Å². The van der Waals surface area contributed by atoms with E-state index in [1.165, 1.54) is 4.90 Å². The zero-order chi connectivity index (χ0) is 15.4. The van der Waals surface area contributed by atoms with E-state index in [2.05, 4.69) is 52.3 Å². The monoisotopic (exact) mass is 387 g/mol. The van der Waals surface area contributed by atoms with E-state index in [9.17, 15) is 0 Å². The summed E-state index contributed by atoms with van der Waals surface area (Å²) in [5, 5.41) is 8.45. The molecule has 21 heavy (non-hydrogen) atoms. The van der Waals surface area contributed by atoms with Gasteiger partial charge in [-0.2, -0.15) is 5.10 Å². The second kappa shape index (κ2) is 7.68. The Balaban J connectivity index is 2.15. The molecule has 0 aliphatic heterocycles. The lowest BCUT2D eigenvalue weighted by atomic mass is 10.2. The molecule has 0 saturated carbocycles. The van der Waals surface area contributed by atoms with E-state index < -0.39 is 0 Å². The van der Waals surface area contributed by atoms with E-state index in [0.717, 1.165) is 20.9 Å². The second-order valence-electron chi connectivity index (χ2n) is 5.03. The highest BCUT2D eigenvalue weighted by Gasteiger charge is 2.20. The summed E-state index contributed by atoms with van der Waals surface area (Å²) < 4.78 is 3.09. The molecule has 1 N–H and O–H groups in total. The predicted molar refractivity (Wildman–Crippen MR) is 94.3 cm³/mol. The molecule has 0 radical (unpaired) electrons. The van der Waals surface area contributed by atoms with E-state index in [-0.39, 0.29) is 6.04 Å². The van der Waals surface area contributed by atoms with Gasteiger partial charge in [0.2, 0.25) is 0 Å². The van der Waals surface area contributed by atoms with Gasteiger partial charge in [0, 0.05) is 21.2 Å². The lowest BCUT2D eigenvalue weighted by molar-refractivity contribution is 0.477. The van der Waals surface area contributed by atoms with Crippen LogP contribution in [-0.2, 0) is 0 Å². The van der Waals surface area contributed by atoms with Gasteiger partial charge in [0.1, 0.15) is 0 Å². The Morgan fingerprint density at radius 1 is 1.43 bits per heavy atom. The van der Waals surface area contributed by atoms with Gasteiger partial charge < -0.3 is 5.32 Å². The van der Waals surface area contributed by atoms with Gasteiger partial charge in [-0.1, -0.05) is 33.6 Å². The summed E-state index contributed by atoms with van der Waals surface area (Å²) in [5.74, 6) is 0.894. The Bertz CT molecular complexity index is 600. The van der Waals surface area contributed by atoms with E-state index in [1.54, 1.807) is 18.0 Å². The molecule has 0 spiro atoms. The smallest absolute Gasteiger partial charge is 0.0834 e. The van der Waals surface area contributed by atoms with Gasteiger partial charge >= 0.3 is 0 Å². The molecule has 1 aromatic carbocycles. The van der Waals surface area contributed by atoms with E-state index >= 15 is 0 Å². The Hall–Kier alpha value is -0.490. The molecule has 2 rings (SSSR count). The maximum absolute atomic E-state index is 6.33. The van der Waals surface area contributed by atoms with Crippen LogP contribution in [0, 0.1) is 0 Å². The third kappa shape index (κ3) is 4.25. The standard InChI is InChI=1S/C15H19BrClN3S/c1-10(2)20-15(13(17)8-19-20)14(18-3)9-21-12-6-4-5-11(16)7-12/h4-8,10,14,18H,9H2,1-3H3. The van der Waals surface area contributed by atoms with Crippen molar-refractivity contribution in [1.82, 2.24) is 15.1 Å². The number of nitrogens with one attached hydrogen (secondary N) is 1. The maximum atomic E-state index is 6.33. The third-order valence-electron chi connectivity index (χ3n) is 3.17. The van der Waals surface area contributed by atoms with Crippen molar-refractivity contribution in [2.45, 2.75) is 30.8 Å². The summed E-state index contributed by atoms with van der Waals surface area (Å²) in [5.41, 5.74) is 1.05. The number of aromatic nitrogens is 2. The van der Waals surface area contributed by atoms with Crippen molar-refractivity contribution in [1.29, 1.82) is 0 Å². The Morgan fingerprint density at radius 3 is 2.81 bits per heavy atom. The van der Waals surface area contributed by atoms with Crippen molar-refractivity contribution < 1.29 is 0 Å².